The van der Waals surface area contributed by atoms with Gasteiger partial charge in [-0.05, 0) is 74.2 Å². The van der Waals surface area contributed by atoms with Gasteiger partial charge in [-0.15, -0.1) is 11.3 Å². The molecule has 0 aliphatic carbocycles. The van der Waals surface area contributed by atoms with Crippen molar-refractivity contribution in [2.24, 2.45) is 5.92 Å². The summed E-state index contributed by atoms with van der Waals surface area (Å²) in [5, 5.41) is 12.4. The molecule has 7 nitrogen and oxygen atoms in total. The van der Waals surface area contributed by atoms with E-state index in [1.807, 2.05) is 54.5 Å². The molecule has 0 unspecified atom stereocenters. The van der Waals surface area contributed by atoms with Gasteiger partial charge in [0.15, 0.2) is 0 Å². The molecule has 0 spiro atoms. The molecule has 2 aromatic carbocycles. The fraction of sp³-hybridized carbons (Fsp3) is 0.400. The molecule has 2 saturated heterocycles. The highest BCUT2D eigenvalue weighted by molar-refractivity contribution is 7.15. The van der Waals surface area contributed by atoms with Gasteiger partial charge in [-0.25, -0.2) is 4.98 Å². The second kappa shape index (κ2) is 13.0. The van der Waals surface area contributed by atoms with E-state index in [-0.39, 0.29) is 17.7 Å². The second-order valence-electron chi connectivity index (χ2n) is 11.9. The standard InChI is InChI=1S/C35H39N4O3S/c1-25-12-13-28(21-36-25)33-37-22-29(43-33)23-38-17-14-30(31(24-38)26-8-4-3-5-9-26)34(40)39-18-15-35(41,16-19-39)20-27-10-6-7-11-32(27)42-2/h3-5,7-13,21-22,30-31,41H,14-20,23-24H2,1-2H3/t30-,31+/m1/s1. The molecule has 0 bridgehead atoms. The van der Waals surface area contributed by atoms with Crippen LogP contribution in [0.5, 0.6) is 5.75 Å². The molecule has 1 amide bonds. The van der Waals surface area contributed by atoms with Crippen LogP contribution in [-0.4, -0.2) is 69.7 Å². The van der Waals surface area contributed by atoms with Gasteiger partial charge in [0.2, 0.25) is 5.91 Å². The van der Waals surface area contributed by atoms with E-state index in [1.165, 1.54) is 10.4 Å². The van der Waals surface area contributed by atoms with E-state index in [9.17, 15) is 9.90 Å². The number of hydrogen-bond donors (Lipinski definition) is 1. The SMILES string of the molecule is COc1cc[c]cc1CC1(O)CCN(C(=O)[C@@H]2CCN(Cc3cnc(-c4ccc(C)nc4)s3)C[C@H]2c2ccccc2)CC1. The number of aliphatic hydroxyl groups is 1. The number of thiazole rings is 1. The molecule has 4 heterocycles. The third kappa shape index (κ3) is 6.82. The zero-order valence-electron chi connectivity index (χ0n) is 24.9. The van der Waals surface area contributed by atoms with Crippen LogP contribution in [0.15, 0.2) is 73.1 Å². The van der Waals surface area contributed by atoms with Crippen molar-refractivity contribution in [3.05, 3.63) is 101 Å². The summed E-state index contributed by atoms with van der Waals surface area (Å²) < 4.78 is 5.49. The number of aromatic nitrogens is 2. The molecule has 43 heavy (non-hydrogen) atoms. The average Bonchev–Trinajstić information content (AvgIpc) is 3.50. The second-order valence-corrected chi connectivity index (χ2v) is 13.0. The number of nitrogens with zero attached hydrogens (tertiary/aromatic N) is 4. The van der Waals surface area contributed by atoms with E-state index in [0.29, 0.717) is 32.4 Å². The third-order valence-electron chi connectivity index (χ3n) is 8.98. The molecule has 2 fully saturated rings. The summed E-state index contributed by atoms with van der Waals surface area (Å²) in [6, 6.07) is 23.3. The minimum Gasteiger partial charge on any atom is -0.496 e. The van der Waals surface area contributed by atoms with Gasteiger partial charge in [0, 0.05) is 73.0 Å². The number of carbonyl (C=O) groups excluding carboxylic acids is 1. The molecule has 2 aromatic heterocycles. The zero-order valence-corrected chi connectivity index (χ0v) is 25.7. The van der Waals surface area contributed by atoms with Crippen molar-refractivity contribution in [2.75, 3.05) is 33.3 Å². The van der Waals surface area contributed by atoms with Crippen molar-refractivity contribution in [3.63, 3.8) is 0 Å². The first-order chi connectivity index (χ1) is 20.9. The van der Waals surface area contributed by atoms with Crippen LogP contribution >= 0.6 is 11.3 Å². The van der Waals surface area contributed by atoms with Crippen LogP contribution in [0.1, 0.15) is 46.9 Å². The summed E-state index contributed by atoms with van der Waals surface area (Å²) in [4.78, 5) is 28.8. The van der Waals surface area contributed by atoms with Crippen molar-refractivity contribution in [2.45, 2.75) is 50.7 Å². The Morgan fingerprint density at radius 3 is 2.65 bits per heavy atom. The van der Waals surface area contributed by atoms with Crippen molar-refractivity contribution in [1.29, 1.82) is 0 Å². The van der Waals surface area contributed by atoms with E-state index in [1.54, 1.807) is 18.4 Å². The molecule has 1 N–H and O–H groups in total. The number of amides is 1. The maximum absolute atomic E-state index is 14.0. The molecule has 4 aromatic rings. The summed E-state index contributed by atoms with van der Waals surface area (Å²) in [5.74, 6) is 1.02. The normalized spacial score (nSPS) is 20.6. The van der Waals surface area contributed by atoms with E-state index >= 15 is 0 Å². The minimum absolute atomic E-state index is 0.0793. The van der Waals surface area contributed by atoms with E-state index in [0.717, 1.165) is 53.6 Å². The fourth-order valence-electron chi connectivity index (χ4n) is 6.52. The van der Waals surface area contributed by atoms with Gasteiger partial charge in [-0.2, -0.15) is 0 Å². The molecule has 6 rings (SSSR count). The zero-order chi connectivity index (χ0) is 29.8. The number of rotatable bonds is 8. The maximum Gasteiger partial charge on any atom is 0.226 e. The summed E-state index contributed by atoms with van der Waals surface area (Å²) in [7, 11) is 1.65. The van der Waals surface area contributed by atoms with Crippen LogP contribution < -0.4 is 4.74 Å². The first-order valence-corrected chi connectivity index (χ1v) is 15.9. The number of pyridine rings is 1. The Bertz CT molecular complexity index is 1520. The number of hydrogen-bond acceptors (Lipinski definition) is 7. The number of likely N-dealkylation sites (tertiary alicyclic amines) is 2. The summed E-state index contributed by atoms with van der Waals surface area (Å²) in [5.41, 5.74) is 3.35. The van der Waals surface area contributed by atoms with E-state index in [4.69, 9.17) is 4.74 Å². The van der Waals surface area contributed by atoms with Crippen LogP contribution in [0.3, 0.4) is 0 Å². The number of ether oxygens (including phenoxy) is 1. The Hall–Kier alpha value is -3.59. The van der Waals surface area contributed by atoms with Gasteiger partial charge >= 0.3 is 0 Å². The number of piperidine rings is 2. The molecular weight excluding hydrogens is 556 g/mol. The lowest BCUT2D eigenvalue weighted by molar-refractivity contribution is -0.142. The largest absolute Gasteiger partial charge is 0.496 e. The lowest BCUT2D eigenvalue weighted by Crippen LogP contribution is -2.52. The lowest BCUT2D eigenvalue weighted by Gasteiger charge is -2.43. The van der Waals surface area contributed by atoms with Crippen molar-refractivity contribution >= 4 is 17.2 Å². The van der Waals surface area contributed by atoms with Crippen molar-refractivity contribution in [3.8, 4) is 16.3 Å². The predicted molar refractivity (Wildman–Crippen MR) is 169 cm³/mol. The fourth-order valence-corrected chi connectivity index (χ4v) is 7.47. The molecule has 1 radical (unpaired) electrons. The molecule has 2 atom stereocenters. The Morgan fingerprint density at radius 1 is 1.09 bits per heavy atom. The molecule has 223 valence electrons. The monoisotopic (exact) mass is 595 g/mol. The maximum atomic E-state index is 14.0. The third-order valence-corrected chi connectivity index (χ3v) is 10.0. The summed E-state index contributed by atoms with van der Waals surface area (Å²) in [6.45, 7) is 5.62. The van der Waals surface area contributed by atoms with E-state index in [2.05, 4.69) is 51.3 Å². The molecule has 8 heteroatoms. The van der Waals surface area contributed by atoms with Gasteiger partial charge in [0.05, 0.1) is 12.7 Å². The van der Waals surface area contributed by atoms with Crippen LogP contribution in [0.4, 0.5) is 0 Å². The molecule has 2 aliphatic heterocycles. The van der Waals surface area contributed by atoms with Gasteiger partial charge in [0.25, 0.3) is 0 Å². The van der Waals surface area contributed by atoms with Crippen LogP contribution in [0.25, 0.3) is 10.6 Å². The predicted octanol–water partition coefficient (Wildman–Crippen LogP) is 5.52. The Labute approximate surface area is 258 Å². The highest BCUT2D eigenvalue weighted by Crippen LogP contribution is 2.37. The van der Waals surface area contributed by atoms with Gasteiger partial charge in [0.1, 0.15) is 10.8 Å². The Morgan fingerprint density at radius 2 is 1.91 bits per heavy atom. The van der Waals surface area contributed by atoms with Gasteiger partial charge in [-0.3, -0.25) is 14.7 Å². The first kappa shape index (κ1) is 29.5. The average molecular weight is 596 g/mol. The minimum atomic E-state index is -0.857. The molecule has 2 aliphatic rings. The summed E-state index contributed by atoms with van der Waals surface area (Å²) in [6.07, 6.45) is 6.28. The number of aryl methyl sites for hydroxylation is 1. The summed E-state index contributed by atoms with van der Waals surface area (Å²) >= 11 is 1.71. The number of carbonyl (C=O) groups is 1. The van der Waals surface area contributed by atoms with Crippen LogP contribution in [-0.2, 0) is 17.8 Å². The topological polar surface area (TPSA) is 78.8 Å². The first-order valence-electron chi connectivity index (χ1n) is 15.1. The smallest absolute Gasteiger partial charge is 0.226 e. The van der Waals surface area contributed by atoms with Crippen molar-refractivity contribution in [1.82, 2.24) is 19.8 Å². The van der Waals surface area contributed by atoms with Crippen LogP contribution in [0.2, 0.25) is 0 Å². The van der Waals surface area contributed by atoms with Crippen molar-refractivity contribution < 1.29 is 14.6 Å². The highest BCUT2D eigenvalue weighted by atomic mass is 32.1. The Kier molecular flexibility index (Phi) is 8.88. The van der Waals surface area contributed by atoms with E-state index < -0.39 is 5.60 Å². The lowest BCUT2D eigenvalue weighted by atomic mass is 9.78. The highest BCUT2D eigenvalue weighted by Gasteiger charge is 2.41. The van der Waals surface area contributed by atoms with Gasteiger partial charge < -0.3 is 14.7 Å². The quantitative estimate of drug-likeness (QED) is 0.289. The molecule has 0 saturated carbocycles. The Balaban J connectivity index is 1.12. The number of methoxy groups -OCH3 is 1. The molecular formula is C35H39N4O3S. The number of benzene rings is 2. The van der Waals surface area contributed by atoms with Gasteiger partial charge in [-0.1, -0.05) is 36.4 Å². The van der Waals surface area contributed by atoms with Crippen LogP contribution in [0, 0.1) is 18.9 Å².